The summed E-state index contributed by atoms with van der Waals surface area (Å²) in [5, 5.41) is 0. The van der Waals surface area contributed by atoms with Crippen LogP contribution >= 0.6 is 0 Å². The van der Waals surface area contributed by atoms with Gasteiger partial charge in [-0.3, -0.25) is 0 Å². The van der Waals surface area contributed by atoms with Gasteiger partial charge in [0.2, 0.25) is 5.83 Å². The summed E-state index contributed by atoms with van der Waals surface area (Å²) in [6.07, 6.45) is -2.13. The molecule has 0 rings (SSSR count). The average Bonchev–Trinajstić information content (AvgIpc) is 2.02. The lowest BCUT2D eigenvalue weighted by Gasteiger charge is -2.01. The zero-order valence-electron chi connectivity index (χ0n) is 6.73. The first-order chi connectivity index (χ1) is 5.50. The smallest absolute Gasteiger partial charge is 0.370 e. The highest BCUT2D eigenvalue weighted by Crippen LogP contribution is 2.15. The molecule has 0 aromatic rings. The minimum absolute atomic E-state index is 0.0831. The molecule has 0 N–H and O–H groups in total. The molecule has 0 saturated heterocycles. The molecule has 0 radical (unpaired) electrons. The second kappa shape index (κ2) is 4.79. The maximum absolute atomic E-state index is 12.4. The van der Waals surface area contributed by atoms with E-state index in [1.807, 2.05) is 0 Å². The van der Waals surface area contributed by atoms with Crippen molar-refractivity contribution in [2.24, 2.45) is 0 Å². The lowest BCUT2D eigenvalue weighted by Crippen LogP contribution is -2.08. The van der Waals surface area contributed by atoms with E-state index in [-0.39, 0.29) is 6.61 Å². The van der Waals surface area contributed by atoms with Crippen molar-refractivity contribution >= 4 is 5.97 Å². The van der Waals surface area contributed by atoms with Gasteiger partial charge in [0.25, 0.3) is 0 Å². The molecule has 5 heteroatoms. The molecule has 0 aromatic heterocycles. The predicted molar refractivity (Wildman–Crippen MR) is 36.4 cm³/mol. The fourth-order valence-corrected chi connectivity index (χ4v) is 0.467. The third-order valence-corrected chi connectivity index (χ3v) is 1.01. The van der Waals surface area contributed by atoms with Gasteiger partial charge in [0.05, 0.1) is 6.61 Å². The van der Waals surface area contributed by atoms with Crippen LogP contribution in [0.4, 0.5) is 13.2 Å². The monoisotopic (exact) mass is 182 g/mol. The number of carbonyl (C=O) groups is 1. The maximum Gasteiger partial charge on any atom is 0.370 e. The largest absolute Gasteiger partial charge is 0.461 e. The van der Waals surface area contributed by atoms with Crippen molar-refractivity contribution in [1.82, 2.24) is 0 Å². The standard InChI is InChI=1S/C7H9F3O2/c1-3-12-7(11)6(10)5(9)4(2)8/h4H,3H2,1-2H3/b6-5+. The topological polar surface area (TPSA) is 26.3 Å². The van der Waals surface area contributed by atoms with Crippen LogP contribution in [0.1, 0.15) is 13.8 Å². The lowest BCUT2D eigenvalue weighted by molar-refractivity contribution is -0.140. The summed E-state index contributed by atoms with van der Waals surface area (Å²) in [5.74, 6) is -5.00. The Kier molecular flexibility index (Phi) is 4.39. The number of esters is 1. The van der Waals surface area contributed by atoms with E-state index < -0.39 is 23.8 Å². The van der Waals surface area contributed by atoms with Crippen LogP contribution in [-0.4, -0.2) is 18.7 Å². The zero-order chi connectivity index (χ0) is 9.72. The van der Waals surface area contributed by atoms with Gasteiger partial charge in [0, 0.05) is 0 Å². The minimum Gasteiger partial charge on any atom is -0.461 e. The summed E-state index contributed by atoms with van der Waals surface area (Å²) < 4.78 is 40.9. The SMILES string of the molecule is CCOC(=O)/C(F)=C(\F)C(C)F. The molecular formula is C7H9F3O2. The van der Waals surface area contributed by atoms with Crippen molar-refractivity contribution in [3.63, 3.8) is 0 Å². The molecule has 0 aliphatic carbocycles. The van der Waals surface area contributed by atoms with Crippen molar-refractivity contribution in [2.75, 3.05) is 6.61 Å². The molecule has 0 aliphatic rings. The number of hydrogen-bond acceptors (Lipinski definition) is 2. The van der Waals surface area contributed by atoms with Gasteiger partial charge in [0.15, 0.2) is 12.0 Å². The molecule has 1 unspecified atom stereocenters. The summed E-state index contributed by atoms with van der Waals surface area (Å²) in [6.45, 7) is 2.14. The van der Waals surface area contributed by atoms with Gasteiger partial charge >= 0.3 is 5.97 Å². The molecule has 0 aromatic carbocycles. The Labute approximate surface area is 68.0 Å². The van der Waals surface area contributed by atoms with Gasteiger partial charge in [-0.1, -0.05) is 0 Å². The molecule has 0 spiro atoms. The molecule has 0 amide bonds. The Morgan fingerprint density at radius 3 is 2.33 bits per heavy atom. The van der Waals surface area contributed by atoms with Crippen molar-refractivity contribution < 1.29 is 22.7 Å². The fourth-order valence-electron chi connectivity index (χ4n) is 0.467. The molecule has 1 atom stereocenters. The molecule has 0 fully saturated rings. The number of ether oxygens (including phenoxy) is 1. The molecule has 0 bridgehead atoms. The highest BCUT2D eigenvalue weighted by Gasteiger charge is 2.20. The van der Waals surface area contributed by atoms with Gasteiger partial charge in [-0.2, -0.15) is 4.39 Å². The van der Waals surface area contributed by atoms with Crippen LogP contribution in [0.15, 0.2) is 11.7 Å². The first-order valence-corrected chi connectivity index (χ1v) is 3.37. The molecule has 0 heterocycles. The number of hydrogen-bond donors (Lipinski definition) is 0. The summed E-state index contributed by atoms with van der Waals surface area (Å²) >= 11 is 0. The van der Waals surface area contributed by atoms with E-state index >= 15 is 0 Å². The Bertz CT molecular complexity index is 199. The lowest BCUT2D eigenvalue weighted by atomic mass is 10.3. The molecule has 0 aliphatic heterocycles. The highest BCUT2D eigenvalue weighted by atomic mass is 19.2. The number of alkyl halides is 1. The number of allylic oxidation sites excluding steroid dienone is 1. The van der Waals surface area contributed by atoms with Crippen LogP contribution in [0.3, 0.4) is 0 Å². The van der Waals surface area contributed by atoms with Crippen LogP contribution in [0.25, 0.3) is 0 Å². The number of halogens is 3. The Morgan fingerprint density at radius 1 is 1.50 bits per heavy atom. The summed E-state index contributed by atoms with van der Waals surface area (Å²) in [5.41, 5.74) is 0. The molecule has 2 nitrogen and oxygen atoms in total. The zero-order valence-corrected chi connectivity index (χ0v) is 6.73. The van der Waals surface area contributed by atoms with E-state index in [9.17, 15) is 18.0 Å². The van der Waals surface area contributed by atoms with Crippen molar-refractivity contribution in [1.29, 1.82) is 0 Å². The third kappa shape index (κ3) is 2.94. The van der Waals surface area contributed by atoms with E-state index in [4.69, 9.17) is 0 Å². The fraction of sp³-hybridized carbons (Fsp3) is 0.571. The maximum atomic E-state index is 12.4. The van der Waals surface area contributed by atoms with Crippen LogP contribution in [0.5, 0.6) is 0 Å². The summed E-state index contributed by atoms with van der Waals surface area (Å²) in [4.78, 5) is 10.4. The molecular weight excluding hydrogens is 173 g/mol. The van der Waals surface area contributed by atoms with Gasteiger partial charge in [-0.25, -0.2) is 13.6 Å². The molecule has 70 valence electrons. The van der Waals surface area contributed by atoms with Crippen LogP contribution in [0, 0.1) is 0 Å². The molecule has 12 heavy (non-hydrogen) atoms. The highest BCUT2D eigenvalue weighted by molar-refractivity contribution is 5.86. The van der Waals surface area contributed by atoms with Crippen LogP contribution in [-0.2, 0) is 9.53 Å². The summed E-state index contributed by atoms with van der Waals surface area (Å²) in [6, 6.07) is 0. The summed E-state index contributed by atoms with van der Waals surface area (Å²) in [7, 11) is 0. The van der Waals surface area contributed by atoms with Crippen molar-refractivity contribution in [3.05, 3.63) is 11.7 Å². The quantitative estimate of drug-likeness (QED) is 0.493. The number of carbonyl (C=O) groups excluding carboxylic acids is 1. The third-order valence-electron chi connectivity index (χ3n) is 1.01. The van der Waals surface area contributed by atoms with E-state index in [0.717, 1.165) is 6.92 Å². The first-order valence-electron chi connectivity index (χ1n) is 3.37. The van der Waals surface area contributed by atoms with Gasteiger partial charge < -0.3 is 4.74 Å². The number of rotatable bonds is 3. The van der Waals surface area contributed by atoms with E-state index in [2.05, 4.69) is 4.74 Å². The second-order valence-corrected chi connectivity index (χ2v) is 2.00. The second-order valence-electron chi connectivity index (χ2n) is 2.00. The van der Waals surface area contributed by atoms with E-state index in [1.54, 1.807) is 0 Å². The first kappa shape index (κ1) is 11.0. The Balaban J connectivity index is 4.43. The van der Waals surface area contributed by atoms with Crippen molar-refractivity contribution in [2.45, 2.75) is 20.0 Å². The van der Waals surface area contributed by atoms with Crippen LogP contribution < -0.4 is 0 Å². The van der Waals surface area contributed by atoms with E-state index in [0.29, 0.717) is 0 Å². The van der Waals surface area contributed by atoms with E-state index in [1.165, 1.54) is 6.92 Å². The Morgan fingerprint density at radius 2 is 2.00 bits per heavy atom. The average molecular weight is 182 g/mol. The minimum atomic E-state index is -2.13. The van der Waals surface area contributed by atoms with Gasteiger partial charge in [-0.15, -0.1) is 0 Å². The normalized spacial score (nSPS) is 15.1. The Hall–Kier alpha value is -1.00. The van der Waals surface area contributed by atoms with Gasteiger partial charge in [-0.05, 0) is 13.8 Å². The van der Waals surface area contributed by atoms with Crippen molar-refractivity contribution in [3.8, 4) is 0 Å². The predicted octanol–water partition coefficient (Wildman–Crippen LogP) is 2.06. The molecule has 0 saturated carbocycles. The van der Waals surface area contributed by atoms with Gasteiger partial charge in [0.1, 0.15) is 0 Å². The van der Waals surface area contributed by atoms with Crippen LogP contribution in [0.2, 0.25) is 0 Å².